The molecule has 0 amide bonds. The van der Waals surface area contributed by atoms with Crippen LogP contribution in [-0.4, -0.2) is 31.9 Å². The third-order valence-corrected chi connectivity index (χ3v) is 2.91. The molecule has 0 saturated heterocycles. The van der Waals surface area contributed by atoms with Crippen LogP contribution in [0.5, 0.6) is 0 Å². The second-order valence-electron chi connectivity index (χ2n) is 3.58. The van der Waals surface area contributed by atoms with E-state index >= 15 is 0 Å². The molecule has 1 atom stereocenters. The van der Waals surface area contributed by atoms with E-state index in [9.17, 15) is 0 Å². The molecule has 3 nitrogen and oxygen atoms in total. The Morgan fingerprint density at radius 3 is 2.33 bits per heavy atom. The molecule has 0 fully saturated rings. The topological polar surface area (TPSA) is 41.3 Å². The van der Waals surface area contributed by atoms with Crippen LogP contribution in [0, 0.1) is 0 Å². The lowest BCUT2D eigenvalue weighted by molar-refractivity contribution is 0.245. The Bertz CT molecular complexity index is 284. The maximum Gasteiger partial charge on any atom is 0.0586 e. The van der Waals surface area contributed by atoms with Gasteiger partial charge >= 0.3 is 0 Å². The highest BCUT2D eigenvalue weighted by Gasteiger charge is 2.09. The standard InChI is InChI=1S/C11H19N3S/c1-14(2)13-11(8-12)9-4-6-10(15-3)7-5-9/h4-7,11,13H,8,12H2,1-3H3. The molecular formula is C11H19N3S. The summed E-state index contributed by atoms with van der Waals surface area (Å²) < 4.78 is 0. The predicted octanol–water partition coefficient (Wildman–Crippen LogP) is 1.47. The van der Waals surface area contributed by atoms with Gasteiger partial charge in [0, 0.05) is 25.5 Å². The molecule has 4 heteroatoms. The average molecular weight is 225 g/mol. The molecule has 0 saturated carbocycles. The van der Waals surface area contributed by atoms with Crippen LogP contribution >= 0.6 is 11.8 Å². The first kappa shape index (κ1) is 12.5. The van der Waals surface area contributed by atoms with Crippen molar-refractivity contribution in [3.63, 3.8) is 0 Å². The van der Waals surface area contributed by atoms with Crippen molar-refractivity contribution in [2.45, 2.75) is 10.9 Å². The second-order valence-corrected chi connectivity index (χ2v) is 4.46. The molecule has 15 heavy (non-hydrogen) atoms. The van der Waals surface area contributed by atoms with E-state index in [2.05, 4.69) is 35.9 Å². The molecule has 0 aromatic heterocycles. The first-order chi connectivity index (χ1) is 7.17. The summed E-state index contributed by atoms with van der Waals surface area (Å²) in [5.74, 6) is 0. The van der Waals surface area contributed by atoms with Gasteiger partial charge in [0.1, 0.15) is 0 Å². The van der Waals surface area contributed by atoms with Gasteiger partial charge < -0.3 is 5.73 Å². The molecule has 0 spiro atoms. The molecule has 1 aromatic carbocycles. The van der Waals surface area contributed by atoms with Crippen molar-refractivity contribution in [2.24, 2.45) is 5.73 Å². The normalized spacial score (nSPS) is 13.1. The van der Waals surface area contributed by atoms with Crippen molar-refractivity contribution < 1.29 is 0 Å². The maximum atomic E-state index is 5.73. The molecule has 0 aliphatic carbocycles. The Balaban J connectivity index is 2.74. The van der Waals surface area contributed by atoms with E-state index in [1.165, 1.54) is 10.5 Å². The summed E-state index contributed by atoms with van der Waals surface area (Å²) in [6.07, 6.45) is 2.08. The maximum absolute atomic E-state index is 5.73. The third-order valence-electron chi connectivity index (χ3n) is 2.17. The van der Waals surface area contributed by atoms with Crippen LogP contribution in [0.2, 0.25) is 0 Å². The van der Waals surface area contributed by atoms with Gasteiger partial charge in [-0.25, -0.2) is 10.4 Å². The van der Waals surface area contributed by atoms with Crippen LogP contribution in [-0.2, 0) is 0 Å². The van der Waals surface area contributed by atoms with E-state index in [1.54, 1.807) is 11.8 Å². The summed E-state index contributed by atoms with van der Waals surface area (Å²) in [4.78, 5) is 1.28. The number of nitrogens with two attached hydrogens (primary N) is 1. The smallest absolute Gasteiger partial charge is 0.0586 e. The van der Waals surface area contributed by atoms with Gasteiger partial charge in [-0.3, -0.25) is 0 Å². The van der Waals surface area contributed by atoms with E-state index in [4.69, 9.17) is 5.73 Å². The second kappa shape index (κ2) is 6.12. The zero-order valence-corrected chi connectivity index (χ0v) is 10.3. The van der Waals surface area contributed by atoms with E-state index in [0.29, 0.717) is 6.54 Å². The summed E-state index contributed by atoms with van der Waals surface area (Å²) in [5, 5.41) is 1.93. The van der Waals surface area contributed by atoms with Crippen molar-refractivity contribution in [1.29, 1.82) is 0 Å². The van der Waals surface area contributed by atoms with Crippen LogP contribution in [0.15, 0.2) is 29.2 Å². The number of nitrogens with one attached hydrogen (secondary N) is 1. The Hall–Kier alpha value is -0.550. The van der Waals surface area contributed by atoms with E-state index < -0.39 is 0 Å². The number of benzene rings is 1. The molecule has 1 unspecified atom stereocenters. The van der Waals surface area contributed by atoms with Gasteiger partial charge in [-0.05, 0) is 24.0 Å². The number of thioether (sulfide) groups is 1. The molecule has 84 valence electrons. The lowest BCUT2D eigenvalue weighted by Gasteiger charge is -2.22. The summed E-state index contributed by atoms with van der Waals surface area (Å²) in [5.41, 5.74) is 10.2. The molecule has 1 aromatic rings. The summed E-state index contributed by atoms with van der Waals surface area (Å²) >= 11 is 1.75. The van der Waals surface area contributed by atoms with Gasteiger partial charge in [0.15, 0.2) is 0 Å². The van der Waals surface area contributed by atoms with Gasteiger partial charge in [0.2, 0.25) is 0 Å². The molecular weight excluding hydrogens is 206 g/mol. The van der Waals surface area contributed by atoms with Crippen molar-refractivity contribution in [2.75, 3.05) is 26.9 Å². The Morgan fingerprint density at radius 1 is 1.33 bits per heavy atom. The molecule has 0 bridgehead atoms. The zero-order valence-electron chi connectivity index (χ0n) is 9.53. The molecule has 0 heterocycles. The number of hydrazine groups is 1. The van der Waals surface area contributed by atoms with E-state index in [1.807, 2.05) is 19.1 Å². The quantitative estimate of drug-likeness (QED) is 0.588. The van der Waals surface area contributed by atoms with Crippen LogP contribution < -0.4 is 11.2 Å². The molecule has 0 radical (unpaired) electrons. The van der Waals surface area contributed by atoms with Gasteiger partial charge in [-0.15, -0.1) is 11.8 Å². The van der Waals surface area contributed by atoms with Crippen LogP contribution in [0.25, 0.3) is 0 Å². The monoisotopic (exact) mass is 225 g/mol. The summed E-state index contributed by atoms with van der Waals surface area (Å²) in [7, 11) is 3.94. The zero-order chi connectivity index (χ0) is 11.3. The first-order valence-electron chi connectivity index (χ1n) is 4.95. The molecule has 0 aliphatic rings. The number of hydrogen-bond donors (Lipinski definition) is 2. The van der Waals surface area contributed by atoms with Crippen LogP contribution in [0.3, 0.4) is 0 Å². The predicted molar refractivity (Wildman–Crippen MR) is 66.8 cm³/mol. The molecule has 1 rings (SSSR count). The summed E-state index contributed by atoms with van der Waals surface area (Å²) in [6, 6.07) is 8.69. The molecule has 3 N–H and O–H groups in total. The largest absolute Gasteiger partial charge is 0.329 e. The SMILES string of the molecule is CSc1ccc(C(CN)NN(C)C)cc1. The highest BCUT2D eigenvalue weighted by Crippen LogP contribution is 2.18. The van der Waals surface area contributed by atoms with E-state index in [-0.39, 0.29) is 6.04 Å². The van der Waals surface area contributed by atoms with Crippen LogP contribution in [0.1, 0.15) is 11.6 Å². The number of rotatable bonds is 5. The fraction of sp³-hybridized carbons (Fsp3) is 0.455. The van der Waals surface area contributed by atoms with Crippen molar-refractivity contribution in [1.82, 2.24) is 10.4 Å². The highest BCUT2D eigenvalue weighted by atomic mass is 32.2. The lowest BCUT2D eigenvalue weighted by atomic mass is 10.1. The van der Waals surface area contributed by atoms with Gasteiger partial charge in [0.25, 0.3) is 0 Å². The minimum atomic E-state index is 0.191. The fourth-order valence-electron chi connectivity index (χ4n) is 1.41. The van der Waals surface area contributed by atoms with Crippen molar-refractivity contribution >= 4 is 11.8 Å². The minimum absolute atomic E-state index is 0.191. The summed E-state index contributed by atoms with van der Waals surface area (Å²) in [6.45, 7) is 0.594. The highest BCUT2D eigenvalue weighted by molar-refractivity contribution is 7.98. The molecule has 0 aliphatic heterocycles. The number of hydrogen-bond acceptors (Lipinski definition) is 4. The van der Waals surface area contributed by atoms with E-state index in [0.717, 1.165) is 0 Å². The Kier molecular flexibility index (Phi) is 5.11. The third kappa shape index (κ3) is 3.83. The number of nitrogens with zero attached hydrogens (tertiary/aromatic N) is 1. The Labute approximate surface area is 96.0 Å². The van der Waals surface area contributed by atoms with Crippen molar-refractivity contribution in [3.05, 3.63) is 29.8 Å². The van der Waals surface area contributed by atoms with Gasteiger partial charge in [-0.1, -0.05) is 12.1 Å². The fourth-order valence-corrected chi connectivity index (χ4v) is 1.82. The van der Waals surface area contributed by atoms with Gasteiger partial charge in [0.05, 0.1) is 6.04 Å². The van der Waals surface area contributed by atoms with Gasteiger partial charge in [-0.2, -0.15) is 0 Å². The van der Waals surface area contributed by atoms with Crippen molar-refractivity contribution in [3.8, 4) is 0 Å². The first-order valence-corrected chi connectivity index (χ1v) is 6.17. The minimum Gasteiger partial charge on any atom is -0.329 e. The average Bonchev–Trinajstić information content (AvgIpc) is 2.26. The lowest BCUT2D eigenvalue weighted by Crippen LogP contribution is -2.37. The Morgan fingerprint density at radius 2 is 1.93 bits per heavy atom. The van der Waals surface area contributed by atoms with Crippen LogP contribution in [0.4, 0.5) is 0 Å².